The minimum absolute atomic E-state index is 0.171. The Hall–Kier alpha value is 0.460. The molecule has 0 aliphatic heterocycles. The first-order chi connectivity index (χ1) is 3.92. The van der Waals surface area contributed by atoms with E-state index in [0.717, 1.165) is 0 Å². The molecule has 56 valence electrons. The lowest BCUT2D eigenvalue weighted by atomic mass is 10.4. The molecule has 0 saturated carbocycles. The first-order valence-electron chi connectivity index (χ1n) is 2.34. The van der Waals surface area contributed by atoms with Gasteiger partial charge >= 0.3 is 0 Å². The highest BCUT2D eigenvalue weighted by Gasteiger charge is 1.95. The van der Waals surface area contributed by atoms with Crippen molar-refractivity contribution in [1.29, 1.82) is 0 Å². The first-order valence-corrected chi connectivity index (χ1v) is 5.47. The van der Waals surface area contributed by atoms with Crippen molar-refractivity contribution in [3.63, 3.8) is 0 Å². The van der Waals surface area contributed by atoms with Gasteiger partial charge in [0.1, 0.15) is 0 Å². The largest absolute Gasteiger partial charge is 0.803 e. The van der Waals surface area contributed by atoms with Crippen molar-refractivity contribution in [3.05, 3.63) is 0 Å². The van der Waals surface area contributed by atoms with Crippen molar-refractivity contribution < 1.29 is 14.4 Å². The molecule has 0 aromatic heterocycles. The van der Waals surface area contributed by atoms with Crippen LogP contribution < -0.4 is 15.5 Å². The van der Waals surface area contributed by atoms with E-state index in [1.54, 1.807) is 6.92 Å². The molecule has 0 aliphatic rings. The van der Waals surface area contributed by atoms with Gasteiger partial charge in [0.05, 0.1) is 0 Å². The minimum Gasteiger partial charge on any atom is -0.803 e. The summed E-state index contributed by atoms with van der Waals surface area (Å²) < 4.78 is 9.92. The number of rotatable bonds is 3. The quantitative estimate of drug-likeness (QED) is 0.541. The molecule has 9 heavy (non-hydrogen) atoms. The van der Waals surface area contributed by atoms with Crippen LogP contribution in [0.15, 0.2) is 0 Å². The van der Waals surface area contributed by atoms with E-state index < -0.39 is 6.80 Å². The van der Waals surface area contributed by atoms with E-state index in [-0.39, 0.29) is 11.8 Å². The number of hydrogen-bond acceptors (Lipinski definition) is 5. The molecule has 0 aliphatic carbocycles. The van der Waals surface area contributed by atoms with Crippen LogP contribution in [0.4, 0.5) is 0 Å². The average Bonchev–Trinajstić information content (AvgIpc) is 1.59. The second-order valence-corrected chi connectivity index (χ2v) is 5.32. The maximum Gasteiger partial charge on any atom is 0.0131 e. The van der Waals surface area contributed by atoms with Gasteiger partial charge < -0.3 is 20.1 Å². The third-order valence-electron chi connectivity index (χ3n) is 0.496. The molecule has 1 unspecified atom stereocenters. The highest BCUT2D eigenvalue weighted by atomic mass is 32.7. The highest BCUT2D eigenvalue weighted by Crippen LogP contribution is 2.41. The Morgan fingerprint density at radius 2 is 2.22 bits per heavy atom. The van der Waals surface area contributed by atoms with Crippen molar-refractivity contribution in [2.24, 2.45) is 5.73 Å². The van der Waals surface area contributed by atoms with E-state index in [9.17, 15) is 14.4 Å². The molecular weight excluding hydrogens is 161 g/mol. The van der Waals surface area contributed by atoms with E-state index in [4.69, 9.17) is 5.73 Å². The van der Waals surface area contributed by atoms with Gasteiger partial charge in [-0.2, -0.15) is 0 Å². The van der Waals surface area contributed by atoms with Crippen LogP contribution in [-0.2, 0) is 4.57 Å². The Labute approximate surface area is 57.7 Å². The Balaban J connectivity index is 3.40. The topological polar surface area (TPSA) is 89.2 Å². The summed E-state index contributed by atoms with van der Waals surface area (Å²) in [5.41, 5.74) is 5.18. The standard InChI is InChI=1S/C3H10NO3PS/c1-3(4)2-9-8(5,6)7/h3H,2,4H2,1H3,(H2,5,6,7)/p-2. The Kier molecular flexibility index (Phi) is 3.77. The molecule has 0 radical (unpaired) electrons. The van der Waals surface area contributed by atoms with Crippen LogP contribution in [0.1, 0.15) is 6.92 Å². The van der Waals surface area contributed by atoms with E-state index in [1.807, 2.05) is 0 Å². The molecule has 2 N–H and O–H groups in total. The van der Waals surface area contributed by atoms with Crippen molar-refractivity contribution in [2.45, 2.75) is 13.0 Å². The lowest BCUT2D eigenvalue weighted by Crippen LogP contribution is -2.20. The fraction of sp³-hybridized carbons (Fsp3) is 1.00. The van der Waals surface area contributed by atoms with E-state index in [0.29, 0.717) is 11.4 Å². The molecule has 0 amide bonds. The zero-order chi connectivity index (χ0) is 7.49. The van der Waals surface area contributed by atoms with E-state index in [1.165, 1.54) is 0 Å². The zero-order valence-electron chi connectivity index (χ0n) is 4.94. The predicted molar refractivity (Wildman–Crippen MR) is 33.7 cm³/mol. The van der Waals surface area contributed by atoms with Crippen molar-refractivity contribution in [2.75, 3.05) is 5.75 Å². The molecule has 4 nitrogen and oxygen atoms in total. The van der Waals surface area contributed by atoms with Gasteiger partial charge in [0.15, 0.2) is 0 Å². The third kappa shape index (κ3) is 8.46. The normalized spacial score (nSPS) is 15.6. The van der Waals surface area contributed by atoms with Crippen molar-refractivity contribution >= 4 is 18.2 Å². The van der Waals surface area contributed by atoms with Gasteiger partial charge in [-0.1, -0.05) is 0 Å². The molecule has 0 spiro atoms. The molecular formula is C3H8NO3PS-2. The minimum atomic E-state index is -4.38. The summed E-state index contributed by atoms with van der Waals surface area (Å²) in [6.45, 7) is -2.74. The van der Waals surface area contributed by atoms with Crippen LogP contribution in [0.5, 0.6) is 0 Å². The lowest BCUT2D eigenvalue weighted by molar-refractivity contribution is -0.302. The lowest BCUT2D eigenvalue weighted by Gasteiger charge is -2.28. The maximum absolute atomic E-state index is 9.92. The number of hydrogen-bond donors (Lipinski definition) is 1. The van der Waals surface area contributed by atoms with Gasteiger partial charge in [-0.25, -0.2) is 0 Å². The summed E-state index contributed by atoms with van der Waals surface area (Å²) in [4.78, 5) is 19.8. The Morgan fingerprint density at radius 3 is 2.33 bits per heavy atom. The third-order valence-corrected chi connectivity index (χ3v) is 2.88. The van der Waals surface area contributed by atoms with Crippen molar-refractivity contribution in [1.82, 2.24) is 0 Å². The Bertz CT molecular complexity index is 122. The van der Waals surface area contributed by atoms with Gasteiger partial charge in [-0.3, -0.25) is 0 Å². The van der Waals surface area contributed by atoms with Gasteiger partial charge in [0, 0.05) is 11.8 Å². The SMILES string of the molecule is CC(N)CSP(=O)([O-])[O-]. The summed E-state index contributed by atoms with van der Waals surface area (Å²) in [5.74, 6) is 0.171. The summed E-state index contributed by atoms with van der Waals surface area (Å²) in [7, 11) is 0. The monoisotopic (exact) mass is 169 g/mol. The Morgan fingerprint density at radius 1 is 1.78 bits per heavy atom. The van der Waals surface area contributed by atoms with Crippen molar-refractivity contribution in [3.8, 4) is 0 Å². The van der Waals surface area contributed by atoms with Gasteiger partial charge in [-0.15, -0.1) is 11.4 Å². The molecule has 0 aromatic carbocycles. The maximum atomic E-state index is 9.92. The second-order valence-electron chi connectivity index (χ2n) is 1.72. The van der Waals surface area contributed by atoms with Gasteiger partial charge in [0.25, 0.3) is 0 Å². The van der Waals surface area contributed by atoms with Gasteiger partial charge in [-0.05, 0) is 13.7 Å². The molecule has 0 heterocycles. The zero-order valence-corrected chi connectivity index (χ0v) is 6.65. The average molecular weight is 169 g/mol. The van der Waals surface area contributed by atoms with Crippen LogP contribution in [0.3, 0.4) is 0 Å². The molecule has 0 saturated heterocycles. The first kappa shape index (κ1) is 9.46. The molecule has 0 rings (SSSR count). The van der Waals surface area contributed by atoms with Crippen LogP contribution in [0, 0.1) is 0 Å². The summed E-state index contributed by atoms with van der Waals surface area (Å²) in [6, 6.07) is -0.244. The smallest absolute Gasteiger partial charge is 0.0131 e. The molecule has 0 aromatic rings. The van der Waals surface area contributed by atoms with E-state index >= 15 is 0 Å². The molecule has 0 bridgehead atoms. The second kappa shape index (κ2) is 3.58. The van der Waals surface area contributed by atoms with Crippen LogP contribution in [-0.4, -0.2) is 11.8 Å². The predicted octanol–water partition coefficient (Wildman–Crippen LogP) is -1.10. The molecule has 1 atom stereocenters. The fourth-order valence-corrected chi connectivity index (χ4v) is 1.88. The molecule has 6 heteroatoms. The molecule has 0 fully saturated rings. The van der Waals surface area contributed by atoms with Crippen LogP contribution in [0.25, 0.3) is 0 Å². The summed E-state index contributed by atoms with van der Waals surface area (Å²) in [6.07, 6.45) is 0. The summed E-state index contributed by atoms with van der Waals surface area (Å²) in [5, 5.41) is 0. The number of nitrogens with two attached hydrogens (primary N) is 1. The van der Waals surface area contributed by atoms with Crippen LogP contribution in [0.2, 0.25) is 0 Å². The summed E-state index contributed by atoms with van der Waals surface area (Å²) >= 11 is 0.361. The highest BCUT2D eigenvalue weighted by molar-refractivity contribution is 8.53. The van der Waals surface area contributed by atoms with Crippen LogP contribution >= 0.6 is 18.2 Å². The van der Waals surface area contributed by atoms with Gasteiger partial charge in [0.2, 0.25) is 0 Å². The van der Waals surface area contributed by atoms with E-state index in [2.05, 4.69) is 0 Å². The fourth-order valence-electron chi connectivity index (χ4n) is 0.209.